The van der Waals surface area contributed by atoms with Gasteiger partial charge in [0.1, 0.15) is 11.9 Å². The van der Waals surface area contributed by atoms with Crippen LogP contribution < -0.4 is 9.64 Å². The van der Waals surface area contributed by atoms with E-state index in [1.165, 1.54) is 12.4 Å². The average Bonchev–Trinajstić information content (AvgIpc) is 3.04. The molecule has 1 aromatic carbocycles. The van der Waals surface area contributed by atoms with Crippen molar-refractivity contribution in [2.24, 2.45) is 11.8 Å². The summed E-state index contributed by atoms with van der Waals surface area (Å²) in [7, 11) is 0. The van der Waals surface area contributed by atoms with Gasteiger partial charge in [0.2, 0.25) is 0 Å². The molecule has 4 rings (SSSR count). The Morgan fingerprint density at radius 3 is 2.67 bits per heavy atom. The lowest BCUT2D eigenvalue weighted by atomic mass is 9.78. The summed E-state index contributed by atoms with van der Waals surface area (Å²) >= 11 is 6.01. The summed E-state index contributed by atoms with van der Waals surface area (Å²) in [6.07, 6.45) is 3.29. The predicted molar refractivity (Wildman–Crippen MR) is 99.3 cm³/mol. The van der Waals surface area contributed by atoms with E-state index in [1.807, 2.05) is 17.0 Å². The quantitative estimate of drug-likeness (QED) is 0.829. The Morgan fingerprint density at radius 2 is 1.93 bits per heavy atom. The maximum absolute atomic E-state index is 11.4. The molecular formula is C19H20ClN3O4. The summed E-state index contributed by atoms with van der Waals surface area (Å²) in [5.41, 5.74) is -0.0385. The first-order chi connectivity index (χ1) is 13.0. The number of nitrogens with zero attached hydrogens (tertiary/aromatic N) is 3. The zero-order valence-corrected chi connectivity index (χ0v) is 15.3. The lowest BCUT2D eigenvalue weighted by Gasteiger charge is -2.35. The van der Waals surface area contributed by atoms with Gasteiger partial charge in [0.25, 0.3) is 0 Å². The number of benzene rings is 1. The Bertz CT molecular complexity index is 849. The molecular weight excluding hydrogens is 370 g/mol. The maximum atomic E-state index is 11.4. The maximum Gasteiger partial charge on any atom is 0.358 e. The van der Waals surface area contributed by atoms with Crippen molar-refractivity contribution in [3.63, 3.8) is 0 Å². The van der Waals surface area contributed by atoms with Crippen molar-refractivity contribution in [2.75, 3.05) is 18.0 Å². The van der Waals surface area contributed by atoms with E-state index in [0.717, 1.165) is 0 Å². The Balaban J connectivity index is 1.48. The van der Waals surface area contributed by atoms with Crippen LogP contribution in [0.4, 0.5) is 5.82 Å². The van der Waals surface area contributed by atoms with E-state index in [1.54, 1.807) is 12.1 Å². The highest BCUT2D eigenvalue weighted by molar-refractivity contribution is 6.30. The molecule has 2 fully saturated rings. The summed E-state index contributed by atoms with van der Waals surface area (Å²) in [5, 5.41) is 20.5. The summed E-state index contributed by atoms with van der Waals surface area (Å²) in [6.45, 7) is 1.33. The number of carboxylic acid groups (broad SMARTS) is 1. The minimum atomic E-state index is -1.09. The number of anilines is 1. The SMILES string of the molecule is O=C(O)c1nccnc1N1C[C@H]2C[C@@H](Oc3cccc(Cl)c3)[C@H](O)C[C@H]2C1. The first kappa shape index (κ1) is 18.0. The van der Waals surface area contributed by atoms with Crippen LogP contribution in [0.3, 0.4) is 0 Å². The second-order valence-corrected chi connectivity index (χ2v) is 7.55. The molecule has 2 N–H and O–H groups in total. The van der Waals surface area contributed by atoms with Gasteiger partial charge in [0, 0.05) is 30.5 Å². The second kappa shape index (κ2) is 7.32. The summed E-state index contributed by atoms with van der Waals surface area (Å²) in [6, 6.07) is 7.15. The normalized spacial score (nSPS) is 27.3. The lowest BCUT2D eigenvalue weighted by molar-refractivity contribution is -0.0231. The number of aliphatic hydroxyl groups is 1. The van der Waals surface area contributed by atoms with Gasteiger partial charge >= 0.3 is 5.97 Å². The molecule has 2 aromatic rings. The largest absolute Gasteiger partial charge is 0.488 e. The van der Waals surface area contributed by atoms with Crippen molar-refractivity contribution < 1.29 is 19.7 Å². The van der Waals surface area contributed by atoms with Gasteiger partial charge in [0.15, 0.2) is 11.5 Å². The van der Waals surface area contributed by atoms with Gasteiger partial charge in [0.05, 0.1) is 6.10 Å². The van der Waals surface area contributed by atoms with Crippen LogP contribution in [0.1, 0.15) is 23.3 Å². The highest BCUT2D eigenvalue weighted by Crippen LogP contribution is 2.39. The molecule has 1 saturated heterocycles. The summed E-state index contributed by atoms with van der Waals surface area (Å²) < 4.78 is 5.98. The van der Waals surface area contributed by atoms with Crippen molar-refractivity contribution in [3.05, 3.63) is 47.4 Å². The number of fused-ring (bicyclic) bond motifs is 1. The van der Waals surface area contributed by atoms with Crippen molar-refractivity contribution in [1.82, 2.24) is 9.97 Å². The monoisotopic (exact) mass is 389 g/mol. The number of rotatable bonds is 4. The van der Waals surface area contributed by atoms with Crippen molar-refractivity contribution in [1.29, 1.82) is 0 Å². The van der Waals surface area contributed by atoms with Gasteiger partial charge in [-0.15, -0.1) is 0 Å². The van der Waals surface area contributed by atoms with Gasteiger partial charge in [-0.25, -0.2) is 14.8 Å². The fraction of sp³-hybridized carbons (Fsp3) is 0.421. The molecule has 142 valence electrons. The molecule has 1 aliphatic heterocycles. The first-order valence-corrected chi connectivity index (χ1v) is 9.28. The van der Waals surface area contributed by atoms with Crippen molar-refractivity contribution in [2.45, 2.75) is 25.0 Å². The van der Waals surface area contributed by atoms with Crippen LogP contribution in [0.25, 0.3) is 0 Å². The Hall–Kier alpha value is -2.38. The van der Waals surface area contributed by atoms with Gasteiger partial charge in [-0.1, -0.05) is 17.7 Å². The molecule has 0 unspecified atom stereocenters. The molecule has 7 nitrogen and oxygen atoms in total. The van der Waals surface area contributed by atoms with Gasteiger partial charge in [-0.3, -0.25) is 0 Å². The minimum absolute atomic E-state index is 0.0385. The van der Waals surface area contributed by atoms with Crippen LogP contribution in [0.15, 0.2) is 36.7 Å². The van der Waals surface area contributed by atoms with Crippen LogP contribution in [0.2, 0.25) is 5.02 Å². The second-order valence-electron chi connectivity index (χ2n) is 7.11. The molecule has 8 heteroatoms. The number of carbonyl (C=O) groups is 1. The molecule has 27 heavy (non-hydrogen) atoms. The fourth-order valence-electron chi connectivity index (χ4n) is 4.12. The van der Waals surface area contributed by atoms with Gasteiger partial charge < -0.3 is 19.8 Å². The molecule has 2 heterocycles. The highest BCUT2D eigenvalue weighted by Gasteiger charge is 2.43. The number of ether oxygens (including phenoxy) is 1. The number of aromatic carboxylic acids is 1. The molecule has 0 bridgehead atoms. The third-order valence-corrected chi connectivity index (χ3v) is 5.58. The first-order valence-electron chi connectivity index (χ1n) is 8.91. The van der Waals surface area contributed by atoms with Crippen LogP contribution in [0, 0.1) is 11.8 Å². The number of aromatic nitrogens is 2. The van der Waals surface area contributed by atoms with Crippen LogP contribution in [-0.2, 0) is 0 Å². The van der Waals surface area contributed by atoms with E-state index in [0.29, 0.717) is 48.4 Å². The van der Waals surface area contributed by atoms with E-state index in [4.69, 9.17) is 16.3 Å². The standard InChI is InChI=1S/C19H20ClN3O4/c20-13-2-1-3-14(8-13)27-16-7-12-10-23(9-11(12)6-15(16)24)18-17(19(25)26)21-4-5-22-18/h1-5,8,11-12,15-16,24H,6-7,9-10H2,(H,25,26)/t11-,12+,15+,16+/m0/s1. The topological polar surface area (TPSA) is 95.8 Å². The summed E-state index contributed by atoms with van der Waals surface area (Å²) in [5.74, 6) is 0.502. The van der Waals surface area contributed by atoms with Crippen LogP contribution >= 0.6 is 11.6 Å². The highest BCUT2D eigenvalue weighted by atomic mass is 35.5. The van der Waals surface area contributed by atoms with Crippen molar-refractivity contribution in [3.8, 4) is 5.75 Å². The molecule has 0 amide bonds. The van der Waals surface area contributed by atoms with E-state index in [9.17, 15) is 15.0 Å². The number of hydrogen-bond acceptors (Lipinski definition) is 6. The summed E-state index contributed by atoms with van der Waals surface area (Å²) in [4.78, 5) is 21.6. The third kappa shape index (κ3) is 3.70. The average molecular weight is 390 g/mol. The molecule has 0 spiro atoms. The smallest absolute Gasteiger partial charge is 0.358 e. The molecule has 4 atom stereocenters. The third-order valence-electron chi connectivity index (χ3n) is 5.35. The van der Waals surface area contributed by atoms with Crippen molar-refractivity contribution >= 4 is 23.4 Å². The minimum Gasteiger partial charge on any atom is -0.488 e. The molecule has 1 aliphatic carbocycles. The number of halogens is 1. The Kier molecular flexibility index (Phi) is 4.88. The number of aliphatic hydroxyl groups excluding tert-OH is 1. The zero-order valence-electron chi connectivity index (χ0n) is 14.5. The molecule has 1 saturated carbocycles. The zero-order chi connectivity index (χ0) is 19.0. The van der Waals surface area contributed by atoms with Crippen LogP contribution in [0.5, 0.6) is 5.75 Å². The molecule has 2 aliphatic rings. The lowest BCUT2D eigenvalue weighted by Crippen LogP contribution is -2.42. The number of carboxylic acids is 1. The Morgan fingerprint density at radius 1 is 1.19 bits per heavy atom. The van der Waals surface area contributed by atoms with E-state index >= 15 is 0 Å². The molecule has 1 aromatic heterocycles. The molecule has 0 radical (unpaired) electrons. The number of hydrogen-bond donors (Lipinski definition) is 2. The van der Waals surface area contributed by atoms with E-state index in [2.05, 4.69) is 9.97 Å². The van der Waals surface area contributed by atoms with Gasteiger partial charge in [-0.05, 0) is 42.9 Å². The fourth-order valence-corrected chi connectivity index (χ4v) is 4.30. The van der Waals surface area contributed by atoms with Crippen LogP contribution in [-0.4, -0.2) is 51.4 Å². The predicted octanol–water partition coefficient (Wildman–Crippen LogP) is 2.48. The van der Waals surface area contributed by atoms with Gasteiger partial charge in [-0.2, -0.15) is 0 Å². The van der Waals surface area contributed by atoms with E-state index in [-0.39, 0.29) is 17.7 Å². The van der Waals surface area contributed by atoms with E-state index < -0.39 is 12.1 Å². The Labute approximate surface area is 161 Å².